The van der Waals surface area contributed by atoms with E-state index in [1.165, 1.54) is 11.1 Å². The van der Waals surface area contributed by atoms with Gasteiger partial charge in [-0.1, -0.05) is 24.3 Å². The Balaban J connectivity index is 1.75. The molecule has 3 N–H and O–H groups in total. The van der Waals surface area contributed by atoms with Crippen LogP contribution in [0.1, 0.15) is 36.8 Å². The van der Waals surface area contributed by atoms with Gasteiger partial charge in [0, 0.05) is 11.0 Å². The molecule has 2 heteroatoms. The summed E-state index contributed by atoms with van der Waals surface area (Å²) in [5.74, 6) is 0. The number of nitrogens with two attached hydrogens (primary N) is 1. The summed E-state index contributed by atoms with van der Waals surface area (Å²) in [6, 6.07) is 8.70. The first-order chi connectivity index (χ1) is 7.66. The van der Waals surface area contributed by atoms with Crippen molar-refractivity contribution in [2.75, 3.05) is 6.61 Å². The van der Waals surface area contributed by atoms with Crippen LogP contribution in [0, 0.1) is 0 Å². The van der Waals surface area contributed by atoms with Crippen molar-refractivity contribution in [1.29, 1.82) is 0 Å². The van der Waals surface area contributed by atoms with E-state index in [4.69, 9.17) is 5.73 Å². The highest BCUT2D eigenvalue weighted by Gasteiger charge is 2.43. The number of aliphatic hydroxyl groups is 1. The quantitative estimate of drug-likeness (QED) is 0.807. The smallest absolute Gasteiger partial charge is 0.0527 e. The van der Waals surface area contributed by atoms with Gasteiger partial charge >= 0.3 is 0 Å². The van der Waals surface area contributed by atoms with E-state index in [0.29, 0.717) is 0 Å². The number of hydrogen-bond donors (Lipinski definition) is 2. The summed E-state index contributed by atoms with van der Waals surface area (Å²) in [5, 5.41) is 9.36. The summed E-state index contributed by atoms with van der Waals surface area (Å²) in [7, 11) is 0. The highest BCUT2D eigenvalue weighted by molar-refractivity contribution is 5.34. The minimum absolute atomic E-state index is 0.0930. The average Bonchev–Trinajstić information content (AvgIpc) is 3.18. The fourth-order valence-corrected chi connectivity index (χ4v) is 2.41. The van der Waals surface area contributed by atoms with Crippen molar-refractivity contribution in [1.82, 2.24) is 0 Å². The van der Waals surface area contributed by atoms with Crippen molar-refractivity contribution in [3.8, 4) is 0 Å². The van der Waals surface area contributed by atoms with E-state index >= 15 is 0 Å². The summed E-state index contributed by atoms with van der Waals surface area (Å²) < 4.78 is 0. The van der Waals surface area contributed by atoms with Crippen LogP contribution in [0.2, 0.25) is 0 Å². The van der Waals surface area contributed by atoms with Gasteiger partial charge in [-0.15, -0.1) is 0 Å². The van der Waals surface area contributed by atoms with E-state index in [2.05, 4.69) is 24.3 Å². The third kappa shape index (κ3) is 1.76. The van der Waals surface area contributed by atoms with Crippen LogP contribution in [0.5, 0.6) is 0 Å². The van der Waals surface area contributed by atoms with E-state index in [1.807, 2.05) is 0 Å². The molecule has 0 amide bonds. The van der Waals surface area contributed by atoms with Crippen molar-refractivity contribution in [2.24, 2.45) is 5.73 Å². The molecule has 3 rings (SSSR count). The molecule has 1 aromatic rings. The Kier molecular flexibility index (Phi) is 2.13. The number of benzene rings is 1. The molecule has 0 saturated heterocycles. The number of aliphatic hydroxyl groups excluding tert-OH is 1. The Morgan fingerprint density at radius 2 is 1.69 bits per heavy atom. The summed E-state index contributed by atoms with van der Waals surface area (Å²) in [6.45, 7) is 0.285. The molecule has 2 saturated carbocycles. The molecule has 0 radical (unpaired) electrons. The Labute approximate surface area is 96.5 Å². The van der Waals surface area contributed by atoms with Gasteiger partial charge in [-0.05, 0) is 43.2 Å². The van der Waals surface area contributed by atoms with Crippen molar-refractivity contribution in [3.05, 3.63) is 35.4 Å². The van der Waals surface area contributed by atoms with Crippen LogP contribution in [0.25, 0.3) is 0 Å². The molecule has 2 nitrogen and oxygen atoms in total. The fraction of sp³-hybridized carbons (Fsp3) is 0.571. The van der Waals surface area contributed by atoms with Crippen molar-refractivity contribution < 1.29 is 5.11 Å². The van der Waals surface area contributed by atoms with Gasteiger partial charge in [-0.3, -0.25) is 0 Å². The molecular weight excluding hydrogens is 198 g/mol. The third-order valence-electron chi connectivity index (χ3n) is 4.17. The lowest BCUT2D eigenvalue weighted by Crippen LogP contribution is -2.24. The lowest BCUT2D eigenvalue weighted by molar-refractivity contribution is 0.255. The largest absolute Gasteiger partial charge is 0.395 e. The molecular formula is C14H19NO. The van der Waals surface area contributed by atoms with Gasteiger partial charge in [0.25, 0.3) is 0 Å². The fourth-order valence-electron chi connectivity index (χ4n) is 2.41. The minimum Gasteiger partial charge on any atom is -0.395 e. The molecule has 0 aliphatic heterocycles. The van der Waals surface area contributed by atoms with E-state index < -0.39 is 0 Å². The second kappa shape index (κ2) is 3.31. The van der Waals surface area contributed by atoms with Crippen molar-refractivity contribution in [3.63, 3.8) is 0 Å². The summed E-state index contributed by atoms with van der Waals surface area (Å²) in [4.78, 5) is 0. The van der Waals surface area contributed by atoms with Gasteiger partial charge in [-0.25, -0.2) is 0 Å². The van der Waals surface area contributed by atoms with Crippen LogP contribution in [0.4, 0.5) is 0 Å². The lowest BCUT2D eigenvalue weighted by atomic mass is 9.94. The first kappa shape index (κ1) is 10.3. The van der Waals surface area contributed by atoms with Crippen molar-refractivity contribution >= 4 is 0 Å². The van der Waals surface area contributed by atoms with Gasteiger partial charge in [0.2, 0.25) is 0 Å². The van der Waals surface area contributed by atoms with Crippen molar-refractivity contribution in [2.45, 2.75) is 43.1 Å². The molecule has 1 aromatic carbocycles. The molecule has 2 fully saturated rings. The van der Waals surface area contributed by atoms with Crippen LogP contribution < -0.4 is 5.73 Å². The zero-order valence-corrected chi connectivity index (χ0v) is 9.58. The molecule has 16 heavy (non-hydrogen) atoms. The molecule has 0 unspecified atom stereocenters. The zero-order chi connectivity index (χ0) is 11.2. The summed E-state index contributed by atoms with van der Waals surface area (Å²) in [5.41, 5.74) is 8.91. The Hall–Kier alpha value is -0.860. The van der Waals surface area contributed by atoms with E-state index in [-0.39, 0.29) is 17.6 Å². The highest BCUT2D eigenvalue weighted by atomic mass is 16.3. The Morgan fingerprint density at radius 3 is 2.12 bits per heavy atom. The van der Waals surface area contributed by atoms with E-state index in [9.17, 15) is 5.11 Å². The maximum Gasteiger partial charge on any atom is 0.0527 e. The molecule has 2 aliphatic rings. The third-order valence-corrected chi connectivity index (χ3v) is 4.17. The van der Waals surface area contributed by atoms with E-state index in [0.717, 1.165) is 32.1 Å². The Bertz CT molecular complexity index is 388. The van der Waals surface area contributed by atoms with Gasteiger partial charge in [0.15, 0.2) is 0 Å². The van der Waals surface area contributed by atoms with Gasteiger partial charge in [-0.2, -0.15) is 0 Å². The Morgan fingerprint density at radius 1 is 1.06 bits per heavy atom. The SMILES string of the molecule is NC1(Cc2ccc(C3(CO)CC3)cc2)CC1. The van der Waals surface area contributed by atoms with Crippen LogP contribution >= 0.6 is 0 Å². The summed E-state index contributed by atoms with van der Waals surface area (Å²) >= 11 is 0. The molecule has 0 heterocycles. The second-order valence-corrected chi connectivity index (χ2v) is 5.67. The van der Waals surface area contributed by atoms with Crippen LogP contribution in [0.3, 0.4) is 0 Å². The first-order valence-electron chi connectivity index (χ1n) is 6.15. The zero-order valence-electron chi connectivity index (χ0n) is 9.58. The molecule has 0 atom stereocenters. The minimum atomic E-state index is 0.0930. The molecule has 86 valence electrons. The first-order valence-corrected chi connectivity index (χ1v) is 6.15. The topological polar surface area (TPSA) is 46.2 Å². The van der Waals surface area contributed by atoms with E-state index in [1.54, 1.807) is 0 Å². The van der Waals surface area contributed by atoms with Crippen LogP contribution in [-0.4, -0.2) is 17.3 Å². The number of hydrogen-bond acceptors (Lipinski definition) is 2. The standard InChI is InChI=1S/C14H19NO/c15-14(7-8-14)9-11-1-3-12(4-2-11)13(10-16)5-6-13/h1-4,16H,5-10,15H2. The van der Waals surface area contributed by atoms with Gasteiger partial charge in [0.05, 0.1) is 6.61 Å². The molecule has 0 spiro atoms. The predicted molar refractivity (Wildman–Crippen MR) is 64.3 cm³/mol. The van der Waals surface area contributed by atoms with Crippen LogP contribution in [0.15, 0.2) is 24.3 Å². The molecule has 2 aliphatic carbocycles. The van der Waals surface area contributed by atoms with Crippen LogP contribution in [-0.2, 0) is 11.8 Å². The lowest BCUT2D eigenvalue weighted by Gasteiger charge is -2.14. The average molecular weight is 217 g/mol. The van der Waals surface area contributed by atoms with Gasteiger partial charge in [0.1, 0.15) is 0 Å². The normalized spacial score (nSPS) is 24.1. The highest BCUT2D eigenvalue weighted by Crippen LogP contribution is 2.47. The second-order valence-electron chi connectivity index (χ2n) is 5.67. The maximum absolute atomic E-state index is 9.36. The number of rotatable bonds is 4. The monoisotopic (exact) mass is 217 g/mol. The predicted octanol–water partition coefficient (Wildman–Crippen LogP) is 1.74. The summed E-state index contributed by atoms with van der Waals surface area (Å²) in [6.07, 6.45) is 5.58. The van der Waals surface area contributed by atoms with Gasteiger partial charge < -0.3 is 10.8 Å². The molecule has 0 aromatic heterocycles. The molecule has 0 bridgehead atoms. The maximum atomic E-state index is 9.36.